The zero-order valence-corrected chi connectivity index (χ0v) is 14.1. The van der Waals surface area contributed by atoms with E-state index < -0.39 is 0 Å². The molecule has 5 heteroatoms. The Morgan fingerprint density at radius 3 is 2.14 bits per heavy atom. The molecule has 1 fully saturated rings. The number of rotatable bonds is 11. The molecule has 0 aromatic carbocycles. The first-order valence-electron chi connectivity index (χ1n) is 8.12. The average molecular weight is 303 g/mol. The van der Waals surface area contributed by atoms with Crippen LogP contribution in [-0.4, -0.2) is 65.9 Å². The summed E-state index contributed by atoms with van der Waals surface area (Å²) in [7, 11) is 3.70. The standard InChI is InChI=1S/C16H33NO4/c1-13-11-14(2)16(15(12-13)17-3)21-10-9-20-8-7-19-6-5-18-4/h13-17H,5-12H2,1-4H3. The minimum Gasteiger partial charge on any atom is -0.382 e. The van der Waals surface area contributed by atoms with Crippen LogP contribution in [0.4, 0.5) is 0 Å². The number of ether oxygens (including phenoxy) is 4. The third-order valence-corrected chi connectivity index (χ3v) is 4.10. The second-order valence-corrected chi connectivity index (χ2v) is 6.00. The first-order valence-corrected chi connectivity index (χ1v) is 8.12. The molecule has 0 spiro atoms. The van der Waals surface area contributed by atoms with Crippen LogP contribution < -0.4 is 5.32 Å². The van der Waals surface area contributed by atoms with Crippen LogP contribution in [0, 0.1) is 11.8 Å². The van der Waals surface area contributed by atoms with Gasteiger partial charge in [0.05, 0.1) is 45.7 Å². The highest BCUT2D eigenvalue weighted by Crippen LogP contribution is 2.30. The highest BCUT2D eigenvalue weighted by Gasteiger charge is 2.33. The van der Waals surface area contributed by atoms with E-state index in [0.29, 0.717) is 57.7 Å². The third-order valence-electron chi connectivity index (χ3n) is 4.10. The molecular formula is C16H33NO4. The third kappa shape index (κ3) is 7.56. The van der Waals surface area contributed by atoms with E-state index in [1.807, 2.05) is 7.05 Å². The van der Waals surface area contributed by atoms with E-state index >= 15 is 0 Å². The molecule has 5 nitrogen and oxygen atoms in total. The Bertz CT molecular complexity index is 252. The van der Waals surface area contributed by atoms with Crippen LogP contribution in [0.2, 0.25) is 0 Å². The minimum atomic E-state index is 0.299. The van der Waals surface area contributed by atoms with E-state index in [1.165, 1.54) is 12.8 Å². The van der Waals surface area contributed by atoms with Crippen molar-refractivity contribution in [3.05, 3.63) is 0 Å². The maximum atomic E-state index is 6.04. The van der Waals surface area contributed by atoms with Crippen LogP contribution in [0.15, 0.2) is 0 Å². The number of hydrogen-bond acceptors (Lipinski definition) is 5. The van der Waals surface area contributed by atoms with Gasteiger partial charge in [-0.1, -0.05) is 13.8 Å². The molecule has 0 aliphatic heterocycles. The molecule has 0 saturated heterocycles. The van der Waals surface area contributed by atoms with Crippen molar-refractivity contribution >= 4 is 0 Å². The molecule has 1 saturated carbocycles. The van der Waals surface area contributed by atoms with Crippen molar-refractivity contribution < 1.29 is 18.9 Å². The van der Waals surface area contributed by atoms with Crippen molar-refractivity contribution in [2.45, 2.75) is 38.8 Å². The van der Waals surface area contributed by atoms with Gasteiger partial charge in [-0.3, -0.25) is 0 Å². The predicted octanol–water partition coefficient (Wildman–Crippen LogP) is 1.71. The van der Waals surface area contributed by atoms with Gasteiger partial charge in [-0.25, -0.2) is 0 Å². The summed E-state index contributed by atoms with van der Waals surface area (Å²) in [6, 6.07) is 0.459. The lowest BCUT2D eigenvalue weighted by Crippen LogP contribution is -2.48. The first kappa shape index (κ1) is 18.8. The Balaban J connectivity index is 2.05. The maximum Gasteiger partial charge on any atom is 0.0754 e. The number of hydrogen-bond donors (Lipinski definition) is 1. The molecule has 126 valence electrons. The molecule has 1 aliphatic rings. The molecule has 4 unspecified atom stereocenters. The molecule has 0 radical (unpaired) electrons. The predicted molar refractivity (Wildman–Crippen MR) is 83.7 cm³/mol. The maximum absolute atomic E-state index is 6.04. The monoisotopic (exact) mass is 303 g/mol. The summed E-state index contributed by atoms with van der Waals surface area (Å²) < 4.78 is 21.8. The Morgan fingerprint density at radius 1 is 0.905 bits per heavy atom. The number of nitrogens with one attached hydrogen (secondary N) is 1. The van der Waals surface area contributed by atoms with Crippen molar-refractivity contribution in [3.8, 4) is 0 Å². The van der Waals surface area contributed by atoms with Gasteiger partial charge in [0.1, 0.15) is 0 Å². The molecule has 0 heterocycles. The summed E-state index contributed by atoms with van der Waals surface area (Å²) in [6.45, 7) is 8.37. The molecule has 4 atom stereocenters. The van der Waals surface area contributed by atoms with E-state index in [9.17, 15) is 0 Å². The Morgan fingerprint density at radius 2 is 1.52 bits per heavy atom. The molecule has 0 aromatic rings. The van der Waals surface area contributed by atoms with Crippen LogP contribution in [0.3, 0.4) is 0 Å². The van der Waals surface area contributed by atoms with Crippen molar-refractivity contribution in [3.63, 3.8) is 0 Å². The zero-order chi connectivity index (χ0) is 15.5. The topological polar surface area (TPSA) is 49.0 Å². The number of likely N-dealkylation sites (N-methyl/N-ethyl adjacent to an activating group) is 1. The van der Waals surface area contributed by atoms with Crippen molar-refractivity contribution in [1.29, 1.82) is 0 Å². The van der Waals surface area contributed by atoms with E-state index in [2.05, 4.69) is 19.2 Å². The Labute approximate surface area is 129 Å². The molecular weight excluding hydrogens is 270 g/mol. The van der Waals surface area contributed by atoms with Gasteiger partial charge in [0.15, 0.2) is 0 Å². The van der Waals surface area contributed by atoms with Gasteiger partial charge in [-0.2, -0.15) is 0 Å². The van der Waals surface area contributed by atoms with Crippen LogP contribution in [-0.2, 0) is 18.9 Å². The van der Waals surface area contributed by atoms with Gasteiger partial charge >= 0.3 is 0 Å². The molecule has 21 heavy (non-hydrogen) atoms. The van der Waals surface area contributed by atoms with Crippen LogP contribution in [0.5, 0.6) is 0 Å². The molecule has 1 aliphatic carbocycles. The van der Waals surface area contributed by atoms with Crippen molar-refractivity contribution in [1.82, 2.24) is 5.32 Å². The smallest absolute Gasteiger partial charge is 0.0754 e. The molecule has 0 bridgehead atoms. The SMILES string of the molecule is CNC1CC(C)CC(C)C1OCCOCCOCCOC. The van der Waals surface area contributed by atoms with Gasteiger partial charge in [0, 0.05) is 13.2 Å². The Hall–Kier alpha value is -0.200. The molecule has 1 N–H and O–H groups in total. The lowest BCUT2D eigenvalue weighted by Gasteiger charge is -2.39. The fourth-order valence-corrected chi connectivity index (χ4v) is 3.10. The molecule has 0 aromatic heterocycles. The largest absolute Gasteiger partial charge is 0.382 e. The van der Waals surface area contributed by atoms with Crippen LogP contribution in [0.1, 0.15) is 26.7 Å². The van der Waals surface area contributed by atoms with E-state index in [1.54, 1.807) is 7.11 Å². The van der Waals surface area contributed by atoms with Gasteiger partial charge in [0.2, 0.25) is 0 Å². The van der Waals surface area contributed by atoms with Crippen molar-refractivity contribution in [2.75, 3.05) is 53.8 Å². The quantitative estimate of drug-likeness (QED) is 0.589. The summed E-state index contributed by atoms with van der Waals surface area (Å²) in [6.07, 6.45) is 2.74. The summed E-state index contributed by atoms with van der Waals surface area (Å²) in [5, 5.41) is 3.40. The summed E-state index contributed by atoms with van der Waals surface area (Å²) in [5.74, 6) is 1.38. The summed E-state index contributed by atoms with van der Waals surface area (Å²) >= 11 is 0. The van der Waals surface area contributed by atoms with E-state index in [-0.39, 0.29) is 0 Å². The zero-order valence-electron chi connectivity index (χ0n) is 14.1. The molecule has 1 rings (SSSR count). The van der Waals surface area contributed by atoms with Gasteiger partial charge in [-0.15, -0.1) is 0 Å². The van der Waals surface area contributed by atoms with Crippen molar-refractivity contribution in [2.24, 2.45) is 11.8 Å². The van der Waals surface area contributed by atoms with Gasteiger partial charge in [-0.05, 0) is 31.7 Å². The Kier molecular flexibility index (Phi) is 10.2. The average Bonchev–Trinajstić information content (AvgIpc) is 2.46. The summed E-state index contributed by atoms with van der Waals surface area (Å²) in [4.78, 5) is 0. The number of methoxy groups -OCH3 is 1. The van der Waals surface area contributed by atoms with Crippen LogP contribution in [0.25, 0.3) is 0 Å². The van der Waals surface area contributed by atoms with Crippen LogP contribution >= 0.6 is 0 Å². The second-order valence-electron chi connectivity index (χ2n) is 6.00. The van der Waals surface area contributed by atoms with Gasteiger partial charge < -0.3 is 24.3 Å². The minimum absolute atomic E-state index is 0.299. The van der Waals surface area contributed by atoms with Gasteiger partial charge in [0.25, 0.3) is 0 Å². The van der Waals surface area contributed by atoms with E-state index in [0.717, 1.165) is 5.92 Å². The lowest BCUT2D eigenvalue weighted by molar-refractivity contribution is -0.0616. The lowest BCUT2D eigenvalue weighted by atomic mass is 9.78. The second kappa shape index (κ2) is 11.4. The highest BCUT2D eigenvalue weighted by molar-refractivity contribution is 4.87. The normalized spacial score (nSPS) is 29.7. The fourth-order valence-electron chi connectivity index (χ4n) is 3.10. The molecule has 0 amide bonds. The highest BCUT2D eigenvalue weighted by atomic mass is 16.6. The fraction of sp³-hybridized carbons (Fsp3) is 1.00. The first-order chi connectivity index (χ1) is 10.2. The summed E-state index contributed by atoms with van der Waals surface area (Å²) in [5.41, 5.74) is 0. The van der Waals surface area contributed by atoms with E-state index in [4.69, 9.17) is 18.9 Å².